The van der Waals surface area contributed by atoms with Crippen LogP contribution in [-0.2, 0) is 4.79 Å². The summed E-state index contributed by atoms with van der Waals surface area (Å²) in [7, 11) is 1.57. The number of benzene rings is 1. The van der Waals surface area contributed by atoms with Crippen LogP contribution in [0.15, 0.2) is 24.3 Å². The molecule has 1 aromatic rings. The van der Waals surface area contributed by atoms with Crippen molar-refractivity contribution >= 4 is 24.2 Å². The lowest BCUT2D eigenvalue weighted by molar-refractivity contribution is -0.121. The second-order valence-electron chi connectivity index (χ2n) is 4.85. The Morgan fingerprint density at radius 3 is 2.32 bits per heavy atom. The van der Waals surface area contributed by atoms with Crippen molar-refractivity contribution in [3.8, 4) is 5.75 Å². The lowest BCUT2D eigenvalue weighted by Crippen LogP contribution is -2.35. The van der Waals surface area contributed by atoms with Crippen molar-refractivity contribution in [3.63, 3.8) is 0 Å². The van der Waals surface area contributed by atoms with Gasteiger partial charge >= 0.3 is 0 Å². The molecule has 2 amide bonds. The third-order valence-electron chi connectivity index (χ3n) is 2.91. The molecule has 0 saturated carbocycles. The molecule has 1 rings (SSSR count). The zero-order valence-corrected chi connectivity index (χ0v) is 13.7. The highest BCUT2D eigenvalue weighted by molar-refractivity contribution is 5.94. The molecule has 6 nitrogen and oxygen atoms in total. The average Bonchev–Trinajstić information content (AvgIpc) is 2.49. The highest BCUT2D eigenvalue weighted by atomic mass is 35.5. The van der Waals surface area contributed by atoms with Gasteiger partial charge in [0.1, 0.15) is 5.75 Å². The number of halogens is 1. The Morgan fingerprint density at radius 2 is 1.77 bits per heavy atom. The molecule has 0 fully saturated rings. The van der Waals surface area contributed by atoms with E-state index in [1.54, 1.807) is 31.4 Å². The summed E-state index contributed by atoms with van der Waals surface area (Å²) in [6.07, 6.45) is 1.06. The Kier molecular flexibility index (Phi) is 9.98. The number of methoxy groups -OCH3 is 1. The average molecular weight is 330 g/mol. The predicted molar refractivity (Wildman–Crippen MR) is 88.5 cm³/mol. The number of hydrogen-bond donors (Lipinski definition) is 3. The second-order valence-corrected chi connectivity index (χ2v) is 4.85. The van der Waals surface area contributed by atoms with Gasteiger partial charge in [-0.15, -0.1) is 12.4 Å². The number of carbonyl (C=O) groups is 2. The minimum atomic E-state index is -0.178. The van der Waals surface area contributed by atoms with Gasteiger partial charge in [-0.1, -0.05) is 0 Å². The van der Waals surface area contributed by atoms with Gasteiger partial charge < -0.3 is 21.1 Å². The van der Waals surface area contributed by atoms with Gasteiger partial charge in [0.2, 0.25) is 5.91 Å². The first-order chi connectivity index (χ1) is 10.0. The maximum absolute atomic E-state index is 11.8. The molecule has 0 heterocycles. The van der Waals surface area contributed by atoms with E-state index < -0.39 is 0 Å². The Bertz CT molecular complexity index is 464. The van der Waals surface area contributed by atoms with E-state index in [-0.39, 0.29) is 30.3 Å². The van der Waals surface area contributed by atoms with Gasteiger partial charge in [-0.3, -0.25) is 9.59 Å². The van der Waals surface area contributed by atoms with Gasteiger partial charge in [0.25, 0.3) is 5.91 Å². The van der Waals surface area contributed by atoms with E-state index in [1.165, 1.54) is 0 Å². The number of ether oxygens (including phenoxy) is 1. The third kappa shape index (κ3) is 7.85. The van der Waals surface area contributed by atoms with Crippen LogP contribution < -0.4 is 21.1 Å². The number of amides is 2. The zero-order valence-electron chi connectivity index (χ0n) is 12.9. The minimum absolute atomic E-state index is 0. The molecule has 0 spiro atoms. The zero-order chi connectivity index (χ0) is 15.7. The molecule has 0 radical (unpaired) electrons. The van der Waals surface area contributed by atoms with Gasteiger partial charge in [0.15, 0.2) is 0 Å². The molecule has 4 N–H and O–H groups in total. The van der Waals surface area contributed by atoms with Gasteiger partial charge in [0.05, 0.1) is 7.11 Å². The van der Waals surface area contributed by atoms with Crippen molar-refractivity contribution in [2.24, 2.45) is 5.73 Å². The Hall–Kier alpha value is -1.79. The summed E-state index contributed by atoms with van der Waals surface area (Å²) in [6, 6.07) is 6.85. The van der Waals surface area contributed by atoms with Crippen LogP contribution in [0.1, 0.15) is 30.1 Å². The first-order valence-electron chi connectivity index (χ1n) is 6.97. The van der Waals surface area contributed by atoms with Crippen LogP contribution >= 0.6 is 12.4 Å². The number of nitrogens with one attached hydrogen (secondary N) is 2. The first kappa shape index (κ1) is 20.2. The van der Waals surface area contributed by atoms with Crippen LogP contribution in [0.25, 0.3) is 0 Å². The topological polar surface area (TPSA) is 93.5 Å². The third-order valence-corrected chi connectivity index (χ3v) is 2.91. The largest absolute Gasteiger partial charge is 0.497 e. The molecule has 0 saturated heterocycles. The fraction of sp³-hybridized carbons (Fsp3) is 0.467. The van der Waals surface area contributed by atoms with Crippen molar-refractivity contribution < 1.29 is 14.3 Å². The van der Waals surface area contributed by atoms with E-state index in [0.717, 1.165) is 0 Å². The van der Waals surface area contributed by atoms with E-state index in [4.69, 9.17) is 10.5 Å². The minimum Gasteiger partial charge on any atom is -0.497 e. The summed E-state index contributed by atoms with van der Waals surface area (Å²) in [4.78, 5) is 23.3. The molecule has 0 aliphatic carbocycles. The molecule has 0 aliphatic heterocycles. The maximum Gasteiger partial charge on any atom is 0.251 e. The van der Waals surface area contributed by atoms with E-state index in [2.05, 4.69) is 10.6 Å². The molecular weight excluding hydrogens is 306 g/mol. The van der Waals surface area contributed by atoms with E-state index in [1.807, 2.05) is 6.92 Å². The Labute approximate surface area is 137 Å². The summed E-state index contributed by atoms with van der Waals surface area (Å²) in [5.41, 5.74) is 6.13. The fourth-order valence-electron chi connectivity index (χ4n) is 1.67. The van der Waals surface area contributed by atoms with Gasteiger partial charge in [-0.05, 0) is 37.6 Å². The SMILES string of the molecule is COc1ccc(C(=O)NCCNC(=O)CCC(C)N)cc1.Cl. The van der Waals surface area contributed by atoms with E-state index in [0.29, 0.717) is 37.2 Å². The van der Waals surface area contributed by atoms with Crippen molar-refractivity contribution in [3.05, 3.63) is 29.8 Å². The van der Waals surface area contributed by atoms with Crippen molar-refractivity contribution in [2.45, 2.75) is 25.8 Å². The van der Waals surface area contributed by atoms with Crippen molar-refractivity contribution in [1.29, 1.82) is 0 Å². The van der Waals surface area contributed by atoms with Gasteiger partial charge in [-0.2, -0.15) is 0 Å². The molecule has 124 valence electrons. The van der Waals surface area contributed by atoms with Crippen LogP contribution in [0.3, 0.4) is 0 Å². The van der Waals surface area contributed by atoms with Crippen LogP contribution in [-0.4, -0.2) is 38.1 Å². The molecule has 0 bridgehead atoms. The monoisotopic (exact) mass is 329 g/mol. The molecule has 0 aromatic heterocycles. The second kappa shape index (κ2) is 10.9. The number of rotatable bonds is 8. The quantitative estimate of drug-likeness (QED) is 0.622. The maximum atomic E-state index is 11.8. The van der Waals surface area contributed by atoms with Crippen LogP contribution in [0.2, 0.25) is 0 Å². The Morgan fingerprint density at radius 1 is 1.18 bits per heavy atom. The van der Waals surface area contributed by atoms with Crippen molar-refractivity contribution in [2.75, 3.05) is 20.2 Å². The standard InChI is InChI=1S/C15H23N3O3.ClH/c1-11(16)3-8-14(19)17-9-10-18-15(20)12-4-6-13(21-2)7-5-12;/h4-7,11H,3,8-10,16H2,1-2H3,(H,17,19)(H,18,20);1H. The first-order valence-corrected chi connectivity index (χ1v) is 6.97. The molecule has 1 atom stereocenters. The van der Waals surface area contributed by atoms with Crippen LogP contribution in [0, 0.1) is 0 Å². The number of hydrogen-bond acceptors (Lipinski definition) is 4. The summed E-state index contributed by atoms with van der Waals surface area (Å²) in [5.74, 6) is 0.474. The summed E-state index contributed by atoms with van der Waals surface area (Å²) in [5, 5.41) is 5.47. The highest BCUT2D eigenvalue weighted by Gasteiger charge is 2.06. The van der Waals surface area contributed by atoms with Crippen LogP contribution in [0.4, 0.5) is 0 Å². The molecule has 22 heavy (non-hydrogen) atoms. The van der Waals surface area contributed by atoms with Gasteiger partial charge in [0, 0.05) is 31.1 Å². The highest BCUT2D eigenvalue weighted by Crippen LogP contribution is 2.10. The molecule has 1 unspecified atom stereocenters. The van der Waals surface area contributed by atoms with Crippen LogP contribution in [0.5, 0.6) is 5.75 Å². The molecular formula is C15H24ClN3O3. The lowest BCUT2D eigenvalue weighted by atomic mass is 10.2. The molecule has 1 aromatic carbocycles. The molecule has 0 aliphatic rings. The number of nitrogens with two attached hydrogens (primary N) is 1. The summed E-state index contributed by atoms with van der Waals surface area (Å²) >= 11 is 0. The molecule has 7 heteroatoms. The number of carbonyl (C=O) groups excluding carboxylic acids is 2. The lowest BCUT2D eigenvalue weighted by Gasteiger charge is -2.08. The predicted octanol–water partition coefficient (Wildman–Crippen LogP) is 1.09. The normalized spacial score (nSPS) is 11.0. The van der Waals surface area contributed by atoms with E-state index in [9.17, 15) is 9.59 Å². The fourth-order valence-corrected chi connectivity index (χ4v) is 1.67. The summed E-state index contributed by atoms with van der Waals surface area (Å²) < 4.78 is 5.03. The van der Waals surface area contributed by atoms with E-state index >= 15 is 0 Å². The van der Waals surface area contributed by atoms with Crippen molar-refractivity contribution in [1.82, 2.24) is 10.6 Å². The smallest absolute Gasteiger partial charge is 0.251 e. The Balaban J connectivity index is 0.00000441. The van der Waals surface area contributed by atoms with Gasteiger partial charge in [-0.25, -0.2) is 0 Å². The summed E-state index contributed by atoms with van der Waals surface area (Å²) in [6.45, 7) is 2.65.